The Bertz CT molecular complexity index is 911. The van der Waals surface area contributed by atoms with Crippen molar-refractivity contribution >= 4 is 11.3 Å². The number of benzene rings is 1. The summed E-state index contributed by atoms with van der Waals surface area (Å²) in [6, 6.07) is 14.5. The maximum Gasteiger partial charge on any atom is 0.262 e. The number of pyridine rings is 2. The number of hydrogen-bond acceptors (Lipinski definition) is 3. The minimum Gasteiger partial charge on any atom is -0.507 e. The van der Waals surface area contributed by atoms with Crippen LogP contribution in [0.25, 0.3) is 5.52 Å². The molecule has 0 amide bonds. The first-order valence-electron chi connectivity index (χ1n) is 6.99. The Kier molecular flexibility index (Phi) is 3.51. The minimum absolute atomic E-state index is 0.186. The lowest BCUT2D eigenvalue weighted by Gasteiger charge is -2.12. The van der Waals surface area contributed by atoms with Crippen molar-refractivity contribution in [2.45, 2.75) is 13.3 Å². The van der Waals surface area contributed by atoms with Crippen molar-refractivity contribution < 1.29 is 9.90 Å². The van der Waals surface area contributed by atoms with E-state index in [1.807, 2.05) is 30.3 Å². The lowest BCUT2D eigenvalue weighted by atomic mass is 10.0. The summed E-state index contributed by atoms with van der Waals surface area (Å²) in [6.07, 6.45) is 1.89. The molecule has 0 spiro atoms. The molecule has 0 unspecified atom stereocenters. The Hall–Kier alpha value is -2.88. The average Bonchev–Trinajstić information content (AvgIpc) is 2.52. The fraction of sp³-hybridized carbons (Fsp3) is 0.111. The number of hydrogen-bond donors (Lipinski definition) is 1. The number of rotatable bonds is 3. The second kappa shape index (κ2) is 5.48. The van der Waals surface area contributed by atoms with Gasteiger partial charge >= 0.3 is 0 Å². The van der Waals surface area contributed by atoms with Gasteiger partial charge in [0.15, 0.2) is 5.78 Å². The van der Waals surface area contributed by atoms with Crippen LogP contribution in [0.2, 0.25) is 0 Å². The first-order valence-corrected chi connectivity index (χ1v) is 6.99. The van der Waals surface area contributed by atoms with Crippen molar-refractivity contribution in [1.29, 1.82) is 0 Å². The number of carbonyl (C=O) groups excluding carboxylic acids is 1. The summed E-state index contributed by atoms with van der Waals surface area (Å²) in [5, 5.41) is 10.5. The normalized spacial score (nSPS) is 10.8. The highest BCUT2D eigenvalue weighted by Crippen LogP contribution is 2.26. The van der Waals surface area contributed by atoms with E-state index < -0.39 is 0 Å². The van der Waals surface area contributed by atoms with Gasteiger partial charge in [-0.2, -0.15) is 0 Å². The molecule has 0 saturated heterocycles. The van der Waals surface area contributed by atoms with Crippen LogP contribution in [0.1, 0.15) is 28.4 Å². The quantitative estimate of drug-likeness (QED) is 0.755. The Labute approximate surface area is 127 Å². The van der Waals surface area contributed by atoms with Gasteiger partial charge in [-0.05, 0) is 24.6 Å². The zero-order valence-corrected chi connectivity index (χ0v) is 12.1. The van der Waals surface area contributed by atoms with Crippen LogP contribution in [-0.4, -0.2) is 15.3 Å². The number of fused-ring (bicyclic) bond motifs is 1. The highest BCUT2D eigenvalue weighted by atomic mass is 16.3. The highest BCUT2D eigenvalue weighted by molar-refractivity contribution is 6.03. The van der Waals surface area contributed by atoms with Crippen molar-refractivity contribution in [1.82, 2.24) is 4.40 Å². The van der Waals surface area contributed by atoms with E-state index in [-0.39, 0.29) is 34.6 Å². The van der Waals surface area contributed by atoms with Gasteiger partial charge in [0.25, 0.3) is 5.56 Å². The second-order valence-corrected chi connectivity index (χ2v) is 5.18. The lowest BCUT2D eigenvalue weighted by Crippen LogP contribution is -2.21. The number of aromatic hydroxyl groups is 1. The van der Waals surface area contributed by atoms with Crippen LogP contribution in [0, 0.1) is 0 Å². The van der Waals surface area contributed by atoms with Gasteiger partial charge in [0.1, 0.15) is 5.75 Å². The number of aromatic nitrogens is 1. The molecule has 0 fully saturated rings. The highest BCUT2D eigenvalue weighted by Gasteiger charge is 2.20. The van der Waals surface area contributed by atoms with Gasteiger partial charge in [-0.3, -0.25) is 14.0 Å². The smallest absolute Gasteiger partial charge is 0.262 e. The van der Waals surface area contributed by atoms with Gasteiger partial charge in [0.2, 0.25) is 0 Å². The molecule has 3 aromatic rings. The summed E-state index contributed by atoms with van der Waals surface area (Å²) < 4.78 is 1.41. The van der Waals surface area contributed by atoms with E-state index >= 15 is 0 Å². The summed E-state index contributed by atoms with van der Waals surface area (Å²) >= 11 is 0. The van der Waals surface area contributed by atoms with Crippen molar-refractivity contribution in [3.63, 3.8) is 0 Å². The first-order chi connectivity index (χ1) is 10.6. The van der Waals surface area contributed by atoms with Crippen LogP contribution in [0.15, 0.2) is 59.5 Å². The monoisotopic (exact) mass is 293 g/mol. The number of nitrogens with zero attached hydrogens (tertiary/aromatic N) is 1. The van der Waals surface area contributed by atoms with Crippen molar-refractivity contribution in [3.8, 4) is 5.75 Å². The minimum atomic E-state index is -0.304. The average molecular weight is 293 g/mol. The van der Waals surface area contributed by atoms with E-state index in [9.17, 15) is 14.7 Å². The standard InChI is InChI=1S/C18H15NO3/c1-12(20)16-15-9-5-6-10-19(15)18(22)14(17(16)21)11-13-7-3-2-4-8-13/h2-10,21H,11H2,1H3. The Morgan fingerprint density at radius 3 is 2.45 bits per heavy atom. The number of ketones is 1. The molecule has 0 bridgehead atoms. The third-order valence-electron chi connectivity index (χ3n) is 3.69. The molecule has 110 valence electrons. The Morgan fingerprint density at radius 2 is 1.77 bits per heavy atom. The predicted molar refractivity (Wildman–Crippen MR) is 84.6 cm³/mol. The lowest BCUT2D eigenvalue weighted by molar-refractivity contribution is 0.101. The second-order valence-electron chi connectivity index (χ2n) is 5.18. The molecule has 1 N–H and O–H groups in total. The SMILES string of the molecule is CC(=O)c1c(O)c(Cc2ccccc2)c(=O)n2ccccc12. The van der Waals surface area contributed by atoms with Crippen LogP contribution in [0.4, 0.5) is 0 Å². The topological polar surface area (TPSA) is 58.8 Å². The zero-order chi connectivity index (χ0) is 15.7. The molecule has 3 rings (SSSR count). The summed E-state index contributed by atoms with van der Waals surface area (Å²) in [5.74, 6) is -0.483. The fourth-order valence-corrected chi connectivity index (χ4v) is 2.65. The van der Waals surface area contributed by atoms with Crippen LogP contribution in [-0.2, 0) is 6.42 Å². The molecule has 0 saturated carbocycles. The first kappa shape index (κ1) is 14.1. The van der Waals surface area contributed by atoms with Gasteiger partial charge in [-0.1, -0.05) is 36.4 Å². The molecule has 4 heteroatoms. The van der Waals surface area contributed by atoms with Gasteiger partial charge in [-0.15, -0.1) is 0 Å². The molecule has 0 aliphatic rings. The van der Waals surface area contributed by atoms with Crippen molar-refractivity contribution in [2.75, 3.05) is 0 Å². The van der Waals surface area contributed by atoms with E-state index in [4.69, 9.17) is 0 Å². The third kappa shape index (κ3) is 2.29. The van der Waals surface area contributed by atoms with E-state index in [1.165, 1.54) is 11.3 Å². The van der Waals surface area contributed by atoms with Gasteiger partial charge < -0.3 is 5.11 Å². The summed E-state index contributed by atoms with van der Waals surface area (Å²) in [6.45, 7) is 1.39. The summed E-state index contributed by atoms with van der Waals surface area (Å²) in [4.78, 5) is 24.5. The molecule has 22 heavy (non-hydrogen) atoms. The van der Waals surface area contributed by atoms with Gasteiger partial charge in [0.05, 0.1) is 16.6 Å². The van der Waals surface area contributed by atoms with E-state index in [1.54, 1.807) is 24.4 Å². The number of carbonyl (C=O) groups is 1. The van der Waals surface area contributed by atoms with Crippen LogP contribution in [0.3, 0.4) is 0 Å². The van der Waals surface area contributed by atoms with Crippen LogP contribution in [0.5, 0.6) is 5.75 Å². The molecule has 0 aliphatic heterocycles. The van der Waals surface area contributed by atoms with Gasteiger partial charge in [-0.25, -0.2) is 0 Å². The molecular weight excluding hydrogens is 278 g/mol. The molecule has 1 aromatic carbocycles. The van der Waals surface area contributed by atoms with Crippen molar-refractivity contribution in [3.05, 3.63) is 81.8 Å². The largest absolute Gasteiger partial charge is 0.507 e. The molecule has 2 heterocycles. The Morgan fingerprint density at radius 1 is 1.09 bits per heavy atom. The molecule has 0 aliphatic carbocycles. The Balaban J connectivity index is 2.31. The van der Waals surface area contributed by atoms with Crippen LogP contribution >= 0.6 is 0 Å². The molecule has 4 nitrogen and oxygen atoms in total. The van der Waals surface area contributed by atoms with Gasteiger partial charge in [0, 0.05) is 12.6 Å². The van der Waals surface area contributed by atoms with E-state index in [0.717, 1.165) is 5.56 Å². The fourth-order valence-electron chi connectivity index (χ4n) is 2.65. The van der Waals surface area contributed by atoms with Crippen molar-refractivity contribution in [2.24, 2.45) is 0 Å². The maximum atomic E-state index is 12.6. The number of Topliss-reactive ketones (excluding diaryl/α,β-unsaturated/α-hetero) is 1. The molecule has 2 aromatic heterocycles. The van der Waals surface area contributed by atoms with Crippen LogP contribution < -0.4 is 5.56 Å². The summed E-state index contributed by atoms with van der Waals surface area (Å²) in [7, 11) is 0. The maximum absolute atomic E-state index is 12.6. The third-order valence-corrected chi connectivity index (χ3v) is 3.69. The molecule has 0 radical (unpaired) electrons. The predicted octanol–water partition coefficient (Wildman–Crippen LogP) is 2.80. The van der Waals surface area contributed by atoms with E-state index in [0.29, 0.717) is 5.52 Å². The molecular formula is C18H15NO3. The summed E-state index contributed by atoms with van der Waals surface area (Å²) in [5.41, 5.74) is 1.45. The zero-order valence-electron chi connectivity index (χ0n) is 12.1. The van der Waals surface area contributed by atoms with E-state index in [2.05, 4.69) is 0 Å². The molecule has 0 atom stereocenters.